The number of nitrogens with one attached hydrogen (secondary N) is 1. The van der Waals surface area contributed by atoms with Crippen LogP contribution in [0.4, 0.5) is 11.4 Å². The van der Waals surface area contributed by atoms with E-state index in [2.05, 4.69) is 5.32 Å². The van der Waals surface area contributed by atoms with Gasteiger partial charge in [-0.1, -0.05) is 0 Å². The first-order chi connectivity index (χ1) is 10.1. The monoisotopic (exact) mass is 293 g/mol. The number of aliphatic hydroxyl groups is 1. The van der Waals surface area contributed by atoms with E-state index < -0.39 is 0 Å². The molecule has 0 spiro atoms. The van der Waals surface area contributed by atoms with Gasteiger partial charge in [-0.25, -0.2) is 0 Å². The van der Waals surface area contributed by atoms with Crippen molar-refractivity contribution in [2.24, 2.45) is 0 Å². The molecular weight excluding hydrogens is 270 g/mol. The number of benzene rings is 1. The van der Waals surface area contributed by atoms with Crippen LogP contribution >= 0.6 is 0 Å². The highest BCUT2D eigenvalue weighted by molar-refractivity contribution is 5.97. The molecule has 0 heterocycles. The van der Waals surface area contributed by atoms with Crippen LogP contribution in [0, 0.1) is 0 Å². The van der Waals surface area contributed by atoms with E-state index in [4.69, 9.17) is 15.6 Å². The van der Waals surface area contributed by atoms with Gasteiger partial charge >= 0.3 is 0 Å². The minimum absolute atomic E-state index is 0.0544. The third-order valence-corrected chi connectivity index (χ3v) is 3.77. The number of amides is 1. The molecule has 1 aromatic rings. The third kappa shape index (κ3) is 3.86. The van der Waals surface area contributed by atoms with Gasteiger partial charge < -0.3 is 20.9 Å². The molecule has 6 heteroatoms. The topological polar surface area (TPSA) is 87.8 Å². The highest BCUT2D eigenvalue weighted by Gasteiger charge is 2.34. The van der Waals surface area contributed by atoms with Gasteiger partial charge in [-0.2, -0.15) is 0 Å². The van der Waals surface area contributed by atoms with Crippen molar-refractivity contribution in [3.05, 3.63) is 18.2 Å². The Labute approximate surface area is 124 Å². The summed E-state index contributed by atoms with van der Waals surface area (Å²) in [6, 6.07) is 5.26. The van der Waals surface area contributed by atoms with Crippen LogP contribution in [0.2, 0.25) is 0 Å². The minimum Gasteiger partial charge on any atom is -0.497 e. The van der Waals surface area contributed by atoms with Gasteiger partial charge in [0, 0.05) is 18.7 Å². The number of anilines is 2. The minimum atomic E-state index is -0.300. The van der Waals surface area contributed by atoms with Crippen LogP contribution in [0.25, 0.3) is 0 Å². The van der Waals surface area contributed by atoms with Gasteiger partial charge in [0.2, 0.25) is 5.91 Å². The number of carbonyl (C=O) groups excluding carboxylic acids is 1. The standard InChI is InChI=1S/C15H23N3O3/c1-10(18(7-8-19)11-3-4-11)15(20)17-14-6-5-12(21-2)9-13(14)16/h5-6,9-11,19H,3-4,7-8,16H2,1-2H3,(H,17,20). The van der Waals surface area contributed by atoms with Crippen LogP contribution in [-0.2, 0) is 4.79 Å². The van der Waals surface area contributed by atoms with Crippen molar-refractivity contribution in [1.82, 2.24) is 4.90 Å². The second-order valence-electron chi connectivity index (χ2n) is 5.31. The fourth-order valence-corrected chi connectivity index (χ4v) is 2.38. The Bertz CT molecular complexity index is 503. The zero-order valence-electron chi connectivity index (χ0n) is 12.5. The van der Waals surface area contributed by atoms with Gasteiger partial charge in [0.05, 0.1) is 31.1 Å². The van der Waals surface area contributed by atoms with Crippen LogP contribution in [0.15, 0.2) is 18.2 Å². The number of nitrogens with zero attached hydrogens (tertiary/aromatic N) is 1. The zero-order chi connectivity index (χ0) is 15.4. The van der Waals surface area contributed by atoms with Gasteiger partial charge in [0.25, 0.3) is 0 Å². The molecule has 1 aliphatic carbocycles. The van der Waals surface area contributed by atoms with Crippen molar-refractivity contribution in [3.63, 3.8) is 0 Å². The van der Waals surface area contributed by atoms with E-state index in [0.29, 0.717) is 29.7 Å². The van der Waals surface area contributed by atoms with Crippen LogP contribution in [0.1, 0.15) is 19.8 Å². The number of hydrogen-bond donors (Lipinski definition) is 3. The Kier molecular flexibility index (Phi) is 5.03. The fourth-order valence-electron chi connectivity index (χ4n) is 2.38. The molecule has 6 nitrogen and oxygen atoms in total. The average Bonchev–Trinajstić information content (AvgIpc) is 3.30. The van der Waals surface area contributed by atoms with Crippen molar-refractivity contribution in [3.8, 4) is 5.75 Å². The van der Waals surface area contributed by atoms with Gasteiger partial charge in [0.15, 0.2) is 0 Å². The molecule has 0 saturated heterocycles. The molecule has 1 aliphatic rings. The first-order valence-corrected chi connectivity index (χ1v) is 7.17. The predicted molar refractivity (Wildman–Crippen MR) is 82.3 cm³/mol. The van der Waals surface area contributed by atoms with E-state index in [1.807, 2.05) is 11.8 Å². The quantitative estimate of drug-likeness (QED) is 0.654. The Morgan fingerprint density at radius 1 is 1.57 bits per heavy atom. The molecule has 1 amide bonds. The molecule has 1 aromatic carbocycles. The maximum Gasteiger partial charge on any atom is 0.241 e. The van der Waals surface area contributed by atoms with E-state index >= 15 is 0 Å². The van der Waals surface area contributed by atoms with E-state index in [9.17, 15) is 4.79 Å². The maximum atomic E-state index is 12.3. The third-order valence-electron chi connectivity index (χ3n) is 3.77. The highest BCUT2D eigenvalue weighted by atomic mass is 16.5. The number of nitrogens with two attached hydrogens (primary N) is 1. The Balaban J connectivity index is 2.02. The van der Waals surface area contributed by atoms with Gasteiger partial charge in [-0.3, -0.25) is 9.69 Å². The molecule has 1 atom stereocenters. The number of aliphatic hydroxyl groups excluding tert-OH is 1. The van der Waals surface area contributed by atoms with Crippen LogP contribution in [0.3, 0.4) is 0 Å². The molecule has 0 aromatic heterocycles. The van der Waals surface area contributed by atoms with E-state index in [1.54, 1.807) is 25.3 Å². The second-order valence-corrected chi connectivity index (χ2v) is 5.31. The van der Waals surface area contributed by atoms with Crippen molar-refractivity contribution < 1.29 is 14.6 Å². The van der Waals surface area contributed by atoms with E-state index in [1.165, 1.54) is 0 Å². The van der Waals surface area contributed by atoms with Gasteiger partial charge in [-0.15, -0.1) is 0 Å². The van der Waals surface area contributed by atoms with Gasteiger partial charge in [0.1, 0.15) is 5.75 Å². The lowest BCUT2D eigenvalue weighted by atomic mass is 10.2. The summed E-state index contributed by atoms with van der Waals surface area (Å²) in [5.41, 5.74) is 6.95. The van der Waals surface area contributed by atoms with Crippen LogP contribution in [-0.4, -0.2) is 48.3 Å². The van der Waals surface area contributed by atoms with Gasteiger partial charge in [-0.05, 0) is 31.9 Å². The summed E-state index contributed by atoms with van der Waals surface area (Å²) in [5, 5.41) is 12.0. The highest BCUT2D eigenvalue weighted by Crippen LogP contribution is 2.29. The molecule has 1 saturated carbocycles. The molecule has 0 bridgehead atoms. The first-order valence-electron chi connectivity index (χ1n) is 7.17. The number of rotatable bonds is 7. The predicted octanol–water partition coefficient (Wildman–Crippen LogP) is 1.06. The average molecular weight is 293 g/mol. The Morgan fingerprint density at radius 2 is 2.29 bits per heavy atom. The lowest BCUT2D eigenvalue weighted by Crippen LogP contribution is -2.44. The summed E-state index contributed by atoms with van der Waals surface area (Å²) in [5.74, 6) is 0.533. The maximum absolute atomic E-state index is 12.3. The number of methoxy groups -OCH3 is 1. The summed E-state index contributed by atoms with van der Waals surface area (Å²) in [4.78, 5) is 14.4. The van der Waals surface area contributed by atoms with Crippen molar-refractivity contribution >= 4 is 17.3 Å². The number of ether oxygens (including phenoxy) is 1. The molecular formula is C15H23N3O3. The molecule has 1 unspecified atom stereocenters. The molecule has 1 fully saturated rings. The largest absolute Gasteiger partial charge is 0.497 e. The lowest BCUT2D eigenvalue weighted by Gasteiger charge is -2.27. The lowest BCUT2D eigenvalue weighted by molar-refractivity contribution is -0.121. The smallest absolute Gasteiger partial charge is 0.241 e. The molecule has 0 aliphatic heterocycles. The number of hydrogen-bond acceptors (Lipinski definition) is 5. The summed E-state index contributed by atoms with van der Waals surface area (Å²) in [6.07, 6.45) is 2.17. The summed E-state index contributed by atoms with van der Waals surface area (Å²) < 4.78 is 5.08. The first kappa shape index (κ1) is 15.6. The zero-order valence-corrected chi connectivity index (χ0v) is 12.5. The Hall–Kier alpha value is -1.79. The van der Waals surface area contributed by atoms with E-state index in [0.717, 1.165) is 12.8 Å². The molecule has 4 N–H and O–H groups in total. The normalized spacial score (nSPS) is 15.8. The molecule has 2 rings (SSSR count). The van der Waals surface area contributed by atoms with Crippen molar-refractivity contribution in [1.29, 1.82) is 0 Å². The second kappa shape index (κ2) is 6.78. The molecule has 0 radical (unpaired) electrons. The van der Waals surface area contributed by atoms with Crippen molar-refractivity contribution in [2.45, 2.75) is 31.8 Å². The SMILES string of the molecule is COc1ccc(NC(=O)C(C)N(CCO)C2CC2)c(N)c1. The summed E-state index contributed by atoms with van der Waals surface area (Å²) in [6.45, 7) is 2.42. The van der Waals surface area contributed by atoms with Crippen LogP contribution < -0.4 is 15.8 Å². The van der Waals surface area contributed by atoms with Crippen molar-refractivity contribution in [2.75, 3.05) is 31.3 Å². The summed E-state index contributed by atoms with van der Waals surface area (Å²) in [7, 11) is 1.57. The number of carbonyl (C=O) groups is 1. The van der Waals surface area contributed by atoms with Crippen LogP contribution in [0.5, 0.6) is 5.75 Å². The molecule has 21 heavy (non-hydrogen) atoms. The fraction of sp³-hybridized carbons (Fsp3) is 0.533. The molecule has 116 valence electrons. The summed E-state index contributed by atoms with van der Waals surface area (Å²) >= 11 is 0. The van der Waals surface area contributed by atoms with E-state index in [-0.39, 0.29) is 18.6 Å². The Morgan fingerprint density at radius 3 is 2.81 bits per heavy atom. The number of nitrogen functional groups attached to an aromatic ring is 1.